The zero-order valence-electron chi connectivity index (χ0n) is 14.8. The van der Waals surface area contributed by atoms with Gasteiger partial charge in [-0.25, -0.2) is 13.1 Å². The van der Waals surface area contributed by atoms with E-state index in [0.29, 0.717) is 23.5 Å². The van der Waals surface area contributed by atoms with Crippen molar-refractivity contribution in [2.45, 2.75) is 31.8 Å². The second kappa shape index (κ2) is 6.49. The van der Waals surface area contributed by atoms with E-state index in [1.165, 1.54) is 0 Å². The molecule has 0 unspecified atom stereocenters. The average molecular weight is 388 g/mol. The molecule has 2 amide bonds. The predicted octanol–water partition coefficient (Wildman–Crippen LogP) is 1.36. The third kappa shape index (κ3) is 3.46. The van der Waals surface area contributed by atoms with Gasteiger partial charge in [-0.3, -0.25) is 9.59 Å². The number of hydrogen-bond donors (Lipinski definition) is 2. The molecule has 9 heteroatoms. The van der Waals surface area contributed by atoms with Crippen LogP contribution < -0.4 is 10.6 Å². The Morgan fingerprint density at radius 1 is 1.37 bits per heavy atom. The first-order valence-corrected chi connectivity index (χ1v) is 10.6. The maximum absolute atomic E-state index is 12.6. The molecule has 27 heavy (non-hydrogen) atoms. The van der Waals surface area contributed by atoms with E-state index in [0.717, 1.165) is 5.56 Å². The molecule has 1 fully saturated rings. The molecule has 0 spiro atoms. The molecule has 2 N–H and O–H groups in total. The first kappa shape index (κ1) is 17.7. The molecule has 1 aromatic heterocycles. The largest absolute Gasteiger partial charge is 0.345 e. The lowest BCUT2D eigenvalue weighted by Crippen LogP contribution is -2.25. The quantitative estimate of drug-likeness (QED) is 0.822. The second-order valence-electron chi connectivity index (χ2n) is 7.04. The monoisotopic (exact) mass is 388 g/mol. The normalized spacial score (nSPS) is 23.1. The minimum atomic E-state index is -3.06. The highest BCUT2D eigenvalue weighted by Gasteiger charge is 2.32. The van der Waals surface area contributed by atoms with Crippen LogP contribution >= 0.6 is 0 Å². The van der Waals surface area contributed by atoms with E-state index in [1.807, 2.05) is 12.1 Å². The lowest BCUT2D eigenvalue weighted by molar-refractivity contribution is -0.116. The van der Waals surface area contributed by atoms with E-state index in [-0.39, 0.29) is 41.8 Å². The van der Waals surface area contributed by atoms with Gasteiger partial charge in [0, 0.05) is 11.6 Å². The summed E-state index contributed by atoms with van der Waals surface area (Å²) >= 11 is 0. The van der Waals surface area contributed by atoms with Crippen LogP contribution in [0.4, 0.5) is 5.82 Å². The maximum Gasteiger partial charge on any atom is 0.252 e. The SMILES string of the molecule is Cc1cc(NC(=O)C[C@H]2NC(=O)c3ccccc32)n([C@@H]2CCS(=O)(=O)C2)n1. The first-order chi connectivity index (χ1) is 12.8. The van der Waals surface area contributed by atoms with Crippen molar-refractivity contribution < 1.29 is 18.0 Å². The van der Waals surface area contributed by atoms with Crippen molar-refractivity contribution in [3.8, 4) is 0 Å². The van der Waals surface area contributed by atoms with E-state index in [1.54, 1.807) is 29.8 Å². The number of nitrogens with zero attached hydrogens (tertiary/aromatic N) is 2. The minimum absolute atomic E-state index is 0.0308. The molecule has 1 saturated heterocycles. The molecule has 0 saturated carbocycles. The highest BCUT2D eigenvalue weighted by molar-refractivity contribution is 7.91. The van der Waals surface area contributed by atoms with Crippen LogP contribution in [0.2, 0.25) is 0 Å². The molecule has 4 rings (SSSR count). The van der Waals surface area contributed by atoms with Crippen LogP contribution in [-0.2, 0) is 14.6 Å². The Balaban J connectivity index is 1.49. The number of anilines is 1. The van der Waals surface area contributed by atoms with Crippen molar-refractivity contribution in [1.29, 1.82) is 0 Å². The Labute approximate surface area is 156 Å². The average Bonchev–Trinajstić information content (AvgIpc) is 3.24. The third-order valence-corrected chi connectivity index (χ3v) is 6.71. The zero-order valence-corrected chi connectivity index (χ0v) is 15.6. The lowest BCUT2D eigenvalue weighted by atomic mass is 10.0. The van der Waals surface area contributed by atoms with Crippen LogP contribution in [0.25, 0.3) is 0 Å². The molecule has 1 aromatic carbocycles. The number of amides is 2. The summed E-state index contributed by atoms with van der Waals surface area (Å²) in [7, 11) is -3.06. The summed E-state index contributed by atoms with van der Waals surface area (Å²) in [4.78, 5) is 24.6. The molecule has 142 valence electrons. The maximum atomic E-state index is 12.6. The Bertz CT molecular complexity index is 1030. The lowest BCUT2D eigenvalue weighted by Gasteiger charge is -2.15. The summed E-state index contributed by atoms with van der Waals surface area (Å²) < 4.78 is 25.1. The Kier molecular flexibility index (Phi) is 4.26. The Morgan fingerprint density at radius 2 is 2.15 bits per heavy atom. The van der Waals surface area contributed by atoms with Crippen LogP contribution in [0.15, 0.2) is 30.3 Å². The number of carbonyl (C=O) groups is 2. The van der Waals surface area contributed by atoms with E-state index in [2.05, 4.69) is 15.7 Å². The molecule has 0 radical (unpaired) electrons. The molecule has 2 aliphatic rings. The summed E-state index contributed by atoms with van der Waals surface area (Å²) in [5, 5.41) is 10.0. The molecule has 3 heterocycles. The first-order valence-electron chi connectivity index (χ1n) is 8.78. The number of aromatic nitrogens is 2. The van der Waals surface area contributed by atoms with Crippen LogP contribution in [0.5, 0.6) is 0 Å². The van der Waals surface area contributed by atoms with Crippen molar-refractivity contribution in [1.82, 2.24) is 15.1 Å². The number of sulfone groups is 1. The van der Waals surface area contributed by atoms with Crippen molar-refractivity contribution >= 4 is 27.5 Å². The standard InChI is InChI=1S/C18H20N4O4S/c1-11-8-16(22(21-11)12-6-7-27(25,26)10-12)20-17(23)9-15-13-4-2-3-5-14(13)18(24)19-15/h2-5,8,12,15H,6-7,9-10H2,1H3,(H,19,24)(H,20,23)/t12-,15-/m1/s1. The van der Waals surface area contributed by atoms with Gasteiger partial charge in [0.25, 0.3) is 5.91 Å². The number of carbonyl (C=O) groups excluding carboxylic acids is 2. The fourth-order valence-electron chi connectivity index (χ4n) is 3.72. The zero-order chi connectivity index (χ0) is 19.2. The van der Waals surface area contributed by atoms with Crippen LogP contribution in [-0.4, -0.2) is 41.5 Å². The molecular formula is C18H20N4O4S. The minimum Gasteiger partial charge on any atom is -0.345 e. The van der Waals surface area contributed by atoms with Gasteiger partial charge in [0.1, 0.15) is 5.82 Å². The Hall–Kier alpha value is -2.68. The molecule has 2 aromatic rings. The fraction of sp³-hybridized carbons (Fsp3) is 0.389. The van der Waals surface area contributed by atoms with Gasteiger partial charge in [0.2, 0.25) is 5.91 Å². The molecule has 8 nitrogen and oxygen atoms in total. The summed E-state index contributed by atoms with van der Waals surface area (Å²) in [6.07, 6.45) is 0.578. The van der Waals surface area contributed by atoms with Crippen molar-refractivity contribution in [3.05, 3.63) is 47.2 Å². The number of nitrogens with one attached hydrogen (secondary N) is 2. The molecular weight excluding hydrogens is 368 g/mol. The highest BCUT2D eigenvalue weighted by atomic mass is 32.2. The van der Waals surface area contributed by atoms with Crippen molar-refractivity contribution in [2.24, 2.45) is 0 Å². The molecule has 0 bridgehead atoms. The van der Waals surface area contributed by atoms with E-state index in [9.17, 15) is 18.0 Å². The molecule has 0 aliphatic carbocycles. The van der Waals surface area contributed by atoms with E-state index < -0.39 is 9.84 Å². The fourth-order valence-corrected chi connectivity index (χ4v) is 5.41. The van der Waals surface area contributed by atoms with Gasteiger partial charge in [-0.2, -0.15) is 5.10 Å². The topological polar surface area (TPSA) is 110 Å². The van der Waals surface area contributed by atoms with Gasteiger partial charge in [0.15, 0.2) is 9.84 Å². The van der Waals surface area contributed by atoms with Gasteiger partial charge in [-0.05, 0) is 25.0 Å². The third-order valence-electron chi connectivity index (χ3n) is 4.96. The number of rotatable bonds is 4. The summed E-state index contributed by atoms with van der Waals surface area (Å²) in [6.45, 7) is 1.79. The van der Waals surface area contributed by atoms with Crippen molar-refractivity contribution in [2.75, 3.05) is 16.8 Å². The molecule has 2 atom stereocenters. The van der Waals surface area contributed by atoms with Crippen LogP contribution in [0, 0.1) is 6.92 Å². The number of benzene rings is 1. The van der Waals surface area contributed by atoms with Crippen LogP contribution in [0.3, 0.4) is 0 Å². The van der Waals surface area contributed by atoms with E-state index in [4.69, 9.17) is 0 Å². The second-order valence-corrected chi connectivity index (χ2v) is 9.27. The predicted molar refractivity (Wildman–Crippen MR) is 99.2 cm³/mol. The smallest absolute Gasteiger partial charge is 0.252 e. The van der Waals surface area contributed by atoms with Gasteiger partial charge in [-0.15, -0.1) is 0 Å². The Morgan fingerprint density at radius 3 is 2.89 bits per heavy atom. The number of aryl methyl sites for hydroxylation is 1. The summed E-state index contributed by atoms with van der Waals surface area (Å²) in [6, 6.07) is 8.28. The van der Waals surface area contributed by atoms with Gasteiger partial charge in [-0.1, -0.05) is 18.2 Å². The van der Waals surface area contributed by atoms with Crippen molar-refractivity contribution in [3.63, 3.8) is 0 Å². The molecule has 2 aliphatic heterocycles. The van der Waals surface area contributed by atoms with Crippen LogP contribution in [0.1, 0.15) is 46.5 Å². The van der Waals surface area contributed by atoms with Gasteiger partial charge in [0.05, 0.1) is 35.7 Å². The van der Waals surface area contributed by atoms with Gasteiger partial charge >= 0.3 is 0 Å². The highest BCUT2D eigenvalue weighted by Crippen LogP contribution is 2.29. The van der Waals surface area contributed by atoms with E-state index >= 15 is 0 Å². The van der Waals surface area contributed by atoms with Gasteiger partial charge < -0.3 is 10.6 Å². The number of fused-ring (bicyclic) bond motifs is 1. The summed E-state index contributed by atoms with van der Waals surface area (Å²) in [5.74, 6) is 0.203. The summed E-state index contributed by atoms with van der Waals surface area (Å²) in [5.41, 5.74) is 2.10. The number of hydrogen-bond acceptors (Lipinski definition) is 5.